The highest BCUT2D eigenvalue weighted by molar-refractivity contribution is 6.30. The number of nitrogens with zero attached hydrogens (tertiary/aromatic N) is 4. The van der Waals surface area contributed by atoms with Crippen LogP contribution in [0, 0.1) is 0 Å². The van der Waals surface area contributed by atoms with Crippen molar-refractivity contribution in [3.05, 3.63) is 82.0 Å². The van der Waals surface area contributed by atoms with Gasteiger partial charge in [0.2, 0.25) is 0 Å². The van der Waals surface area contributed by atoms with Gasteiger partial charge in [0.25, 0.3) is 5.56 Å². The number of aromatic nitrogens is 3. The molecular formula is C25H25ClN4O2. The summed E-state index contributed by atoms with van der Waals surface area (Å²) in [5.41, 5.74) is 4.81. The molecule has 0 radical (unpaired) electrons. The second-order valence-electron chi connectivity index (χ2n) is 8.21. The fourth-order valence-corrected chi connectivity index (χ4v) is 4.58. The molecule has 1 unspecified atom stereocenters. The Morgan fingerprint density at radius 3 is 2.69 bits per heavy atom. The summed E-state index contributed by atoms with van der Waals surface area (Å²) < 4.78 is 9.22. The molecular weight excluding hydrogens is 424 g/mol. The second kappa shape index (κ2) is 8.45. The van der Waals surface area contributed by atoms with E-state index in [0.29, 0.717) is 5.02 Å². The lowest BCUT2D eigenvalue weighted by atomic mass is 10.1. The summed E-state index contributed by atoms with van der Waals surface area (Å²) in [6.07, 6.45) is 5.82. The van der Waals surface area contributed by atoms with E-state index in [1.807, 2.05) is 67.5 Å². The number of hydrogen-bond acceptors (Lipinski definition) is 4. The summed E-state index contributed by atoms with van der Waals surface area (Å²) in [7, 11) is 1.98. The molecule has 5 rings (SSSR count). The van der Waals surface area contributed by atoms with Gasteiger partial charge in [0.1, 0.15) is 5.65 Å². The molecule has 1 aliphatic rings. The van der Waals surface area contributed by atoms with Gasteiger partial charge in [-0.15, -0.1) is 0 Å². The first-order valence-electron chi connectivity index (χ1n) is 10.8. The average molecular weight is 449 g/mol. The molecule has 0 bridgehead atoms. The third-order valence-electron chi connectivity index (χ3n) is 6.18. The van der Waals surface area contributed by atoms with Crippen molar-refractivity contribution < 1.29 is 4.74 Å². The number of benzene rings is 1. The normalized spacial score (nSPS) is 15.3. The van der Waals surface area contributed by atoms with Crippen LogP contribution in [0.25, 0.3) is 22.2 Å². The second-order valence-corrected chi connectivity index (χ2v) is 8.65. The molecule has 1 aliphatic heterocycles. The van der Waals surface area contributed by atoms with Crippen molar-refractivity contribution in [3.8, 4) is 11.1 Å². The summed E-state index contributed by atoms with van der Waals surface area (Å²) in [6, 6.07) is 13.4. The highest BCUT2D eigenvalue weighted by Gasteiger charge is 2.17. The molecule has 4 heterocycles. The van der Waals surface area contributed by atoms with Crippen LogP contribution in [-0.4, -0.2) is 40.4 Å². The van der Waals surface area contributed by atoms with Gasteiger partial charge in [-0.05, 0) is 42.3 Å². The lowest BCUT2D eigenvalue weighted by Gasteiger charge is -2.28. The number of aryl methyl sites for hydroxylation is 1. The zero-order chi connectivity index (χ0) is 22.2. The van der Waals surface area contributed by atoms with E-state index in [0.717, 1.165) is 59.7 Å². The predicted molar refractivity (Wildman–Crippen MR) is 129 cm³/mol. The maximum atomic E-state index is 13.1. The van der Waals surface area contributed by atoms with E-state index in [4.69, 9.17) is 21.3 Å². The largest absolute Gasteiger partial charge is 0.378 e. The van der Waals surface area contributed by atoms with E-state index in [2.05, 4.69) is 11.0 Å². The van der Waals surface area contributed by atoms with Crippen molar-refractivity contribution >= 4 is 28.3 Å². The van der Waals surface area contributed by atoms with Crippen LogP contribution in [0.3, 0.4) is 0 Å². The molecule has 1 atom stereocenters. The number of rotatable bonds is 4. The SMILES string of the molecule is CC(c1cccc(Cl)c1)n1ccc(-c2cn(C)c3ncc(N4CCOCC4)cc23)cc1=O. The fourth-order valence-electron chi connectivity index (χ4n) is 4.38. The molecule has 6 nitrogen and oxygen atoms in total. The Morgan fingerprint density at radius 1 is 1.12 bits per heavy atom. The van der Waals surface area contributed by atoms with Crippen molar-refractivity contribution in [2.45, 2.75) is 13.0 Å². The van der Waals surface area contributed by atoms with Crippen LogP contribution in [0.1, 0.15) is 18.5 Å². The summed E-state index contributed by atoms with van der Waals surface area (Å²) in [6.45, 7) is 5.16. The highest BCUT2D eigenvalue weighted by atomic mass is 35.5. The minimum absolute atomic E-state index is 0.0516. The van der Waals surface area contributed by atoms with Gasteiger partial charge < -0.3 is 18.8 Å². The quantitative estimate of drug-likeness (QED) is 0.461. The Kier molecular flexibility index (Phi) is 5.49. The molecule has 1 fully saturated rings. The van der Waals surface area contributed by atoms with E-state index in [1.165, 1.54) is 0 Å². The summed E-state index contributed by atoms with van der Waals surface area (Å²) in [4.78, 5) is 20.0. The van der Waals surface area contributed by atoms with E-state index < -0.39 is 0 Å². The molecule has 0 saturated carbocycles. The molecule has 0 amide bonds. The van der Waals surface area contributed by atoms with Crippen LogP contribution in [-0.2, 0) is 11.8 Å². The maximum Gasteiger partial charge on any atom is 0.251 e. The molecule has 1 saturated heterocycles. The van der Waals surface area contributed by atoms with Crippen molar-refractivity contribution in [2.24, 2.45) is 7.05 Å². The van der Waals surface area contributed by atoms with E-state index in [1.54, 1.807) is 10.6 Å². The molecule has 1 aromatic carbocycles. The topological polar surface area (TPSA) is 52.3 Å². The van der Waals surface area contributed by atoms with Crippen LogP contribution in [0.5, 0.6) is 0 Å². The van der Waals surface area contributed by atoms with Crippen molar-refractivity contribution in [2.75, 3.05) is 31.2 Å². The Bertz CT molecular complexity index is 1340. The third kappa shape index (κ3) is 3.80. The first-order chi connectivity index (χ1) is 15.5. The van der Waals surface area contributed by atoms with Gasteiger partial charge in [-0.25, -0.2) is 4.98 Å². The van der Waals surface area contributed by atoms with Gasteiger partial charge in [-0.1, -0.05) is 23.7 Å². The van der Waals surface area contributed by atoms with Crippen LogP contribution in [0.15, 0.2) is 65.8 Å². The number of pyridine rings is 2. The Labute approximate surface area is 191 Å². The number of hydrogen-bond donors (Lipinski definition) is 0. The summed E-state index contributed by atoms with van der Waals surface area (Å²) in [5, 5.41) is 1.70. The summed E-state index contributed by atoms with van der Waals surface area (Å²) in [5.74, 6) is 0. The molecule has 0 spiro atoms. The van der Waals surface area contributed by atoms with Crippen LogP contribution in [0.2, 0.25) is 5.02 Å². The molecule has 4 aromatic rings. The molecule has 7 heteroatoms. The fraction of sp³-hybridized carbons (Fsp3) is 0.280. The zero-order valence-corrected chi connectivity index (χ0v) is 18.9. The molecule has 0 N–H and O–H groups in total. The molecule has 3 aromatic heterocycles. The number of fused-ring (bicyclic) bond motifs is 1. The number of anilines is 1. The Hall–Kier alpha value is -3.09. The van der Waals surface area contributed by atoms with Gasteiger partial charge in [0, 0.05) is 54.6 Å². The molecule has 0 aliphatic carbocycles. The summed E-state index contributed by atoms with van der Waals surface area (Å²) >= 11 is 6.14. The zero-order valence-electron chi connectivity index (χ0n) is 18.2. The van der Waals surface area contributed by atoms with Crippen LogP contribution >= 0.6 is 11.6 Å². The first-order valence-corrected chi connectivity index (χ1v) is 11.1. The first kappa shape index (κ1) is 20.8. The molecule has 32 heavy (non-hydrogen) atoms. The molecule has 164 valence electrons. The smallest absolute Gasteiger partial charge is 0.251 e. The minimum atomic E-state index is -0.114. The van der Waals surface area contributed by atoms with Crippen molar-refractivity contribution in [1.29, 1.82) is 0 Å². The monoisotopic (exact) mass is 448 g/mol. The predicted octanol–water partition coefficient (Wildman–Crippen LogP) is 4.50. The van der Waals surface area contributed by atoms with Crippen LogP contribution in [0.4, 0.5) is 5.69 Å². The maximum absolute atomic E-state index is 13.1. The van der Waals surface area contributed by atoms with Gasteiger partial charge in [-0.3, -0.25) is 4.79 Å². The van der Waals surface area contributed by atoms with Crippen molar-refractivity contribution in [1.82, 2.24) is 14.1 Å². The van der Waals surface area contributed by atoms with E-state index in [-0.39, 0.29) is 11.6 Å². The average Bonchev–Trinajstić information content (AvgIpc) is 3.15. The Balaban J connectivity index is 1.53. The van der Waals surface area contributed by atoms with Gasteiger partial charge in [0.15, 0.2) is 0 Å². The lowest BCUT2D eigenvalue weighted by molar-refractivity contribution is 0.122. The van der Waals surface area contributed by atoms with E-state index in [9.17, 15) is 4.79 Å². The van der Waals surface area contributed by atoms with Crippen LogP contribution < -0.4 is 10.5 Å². The standard InChI is InChI=1S/C25H25ClN4O2/c1-17(18-4-3-5-20(26)12-18)30-7-6-19(13-24(30)31)23-16-28(2)25-22(23)14-21(15-27-25)29-8-10-32-11-9-29/h3-7,12-17H,8-11H2,1-2H3. The van der Waals surface area contributed by atoms with Crippen molar-refractivity contribution in [3.63, 3.8) is 0 Å². The van der Waals surface area contributed by atoms with Gasteiger partial charge in [0.05, 0.1) is 31.1 Å². The third-order valence-corrected chi connectivity index (χ3v) is 6.42. The highest BCUT2D eigenvalue weighted by Crippen LogP contribution is 2.32. The number of ether oxygens (including phenoxy) is 1. The minimum Gasteiger partial charge on any atom is -0.378 e. The van der Waals surface area contributed by atoms with E-state index >= 15 is 0 Å². The number of halogens is 1. The lowest BCUT2D eigenvalue weighted by Crippen LogP contribution is -2.36. The van der Waals surface area contributed by atoms with Gasteiger partial charge >= 0.3 is 0 Å². The Morgan fingerprint density at radius 2 is 1.94 bits per heavy atom. The number of morpholine rings is 1. The van der Waals surface area contributed by atoms with Gasteiger partial charge in [-0.2, -0.15) is 0 Å².